The fraction of sp³-hybridized carbons (Fsp3) is 0.276. The molecule has 0 fully saturated rings. The summed E-state index contributed by atoms with van der Waals surface area (Å²) in [5.41, 5.74) is 9.46. The lowest BCUT2D eigenvalue weighted by Crippen LogP contribution is -2.42. The number of halogens is 4. The van der Waals surface area contributed by atoms with Crippen molar-refractivity contribution < 1.29 is 62.4 Å². The van der Waals surface area contributed by atoms with Gasteiger partial charge in [-0.05, 0) is 96.8 Å². The molecule has 2 aromatic heterocycles. The van der Waals surface area contributed by atoms with Gasteiger partial charge in [0.25, 0.3) is 17.7 Å². The van der Waals surface area contributed by atoms with Crippen LogP contribution in [-0.2, 0) is 41.5 Å². The number of hydrogen-bond acceptors (Lipinski definition) is 15. The minimum absolute atomic E-state index is 0. The number of ether oxygens (including phenoxy) is 4. The fourth-order valence-electron chi connectivity index (χ4n) is 7.08. The second-order valence-corrected chi connectivity index (χ2v) is 18.4. The van der Waals surface area contributed by atoms with E-state index in [1.807, 2.05) is 36.4 Å². The van der Waals surface area contributed by atoms with E-state index in [1.54, 1.807) is 75.1 Å². The predicted octanol–water partition coefficient (Wildman–Crippen LogP) is 9.38. The van der Waals surface area contributed by atoms with Gasteiger partial charge in [-0.25, -0.2) is 14.4 Å². The Kier molecular flexibility index (Phi) is 33.1. The predicted molar refractivity (Wildman–Crippen MR) is 320 cm³/mol. The standard InChI is InChI=1S/C28H27Cl2N3O6.C14H16Cl2N2O4.C14H13NO3.2CH4.H2S/c1-38-21-11-9-19(31-16-21)14-17-5-3-6-18(13-17)26(35)32-15-20(34)10-12-24(28(37)39-2)33-27(36)25-22(29)7-4-8-23(25)30;1-22-14(21)11(6-5-8(19)7-17)18-13(20)12-9(15)3-2-4-10(12)16;1-18-13-6-5-12(15-9-13)8-10-3-2-4-11(7-10)14(16)17;;;/h3-9,11,13,16,24H,10,12,14-15H2,1-2H3,(H,32,35)(H,33,36);2-4,11H,5-7,17H2,1H3,(H,18,20);2-7,9H,8H2,1H3,(H,16,17);2*1H4;1H2/t24-;11-;;;;/m00..../s1. The van der Waals surface area contributed by atoms with E-state index in [2.05, 4.69) is 30.7 Å². The first-order valence-corrected chi connectivity index (χ1v) is 25.4. The van der Waals surface area contributed by atoms with E-state index in [0.717, 1.165) is 22.5 Å². The van der Waals surface area contributed by atoms with E-state index in [9.17, 15) is 38.4 Å². The Bertz CT molecular complexity index is 3060. The van der Waals surface area contributed by atoms with Crippen molar-refractivity contribution in [3.05, 3.63) is 186 Å². The number of pyridine rings is 2. The molecule has 0 bridgehead atoms. The average Bonchev–Trinajstić information content (AvgIpc) is 3.48. The molecule has 6 N–H and O–H groups in total. The number of nitrogens with zero attached hydrogens (tertiary/aromatic N) is 2. The Balaban J connectivity index is 0.000000663. The first kappa shape index (κ1) is 72.4. The summed E-state index contributed by atoms with van der Waals surface area (Å²) in [6, 6.07) is 28.3. The minimum atomic E-state index is -1.11. The zero-order chi connectivity index (χ0) is 58.0. The van der Waals surface area contributed by atoms with Crippen LogP contribution in [0.5, 0.6) is 11.5 Å². The van der Waals surface area contributed by atoms with Gasteiger partial charge in [0.2, 0.25) is 0 Å². The van der Waals surface area contributed by atoms with Crippen LogP contribution >= 0.6 is 59.9 Å². The molecule has 82 heavy (non-hydrogen) atoms. The van der Waals surface area contributed by atoms with E-state index in [0.29, 0.717) is 35.5 Å². The number of rotatable bonds is 23. The van der Waals surface area contributed by atoms with Crippen LogP contribution in [0.1, 0.15) is 104 Å². The van der Waals surface area contributed by atoms with Gasteiger partial charge in [-0.2, -0.15) is 13.5 Å². The molecule has 6 aromatic rings. The number of amides is 3. The second-order valence-electron chi connectivity index (χ2n) is 16.8. The number of carbonyl (C=O) groups excluding carboxylic acids is 7. The molecular weight excluding hydrogens is 1160 g/mol. The smallest absolute Gasteiger partial charge is 0.335 e. The monoisotopic (exact) mass is 1230 g/mol. The third-order valence-corrected chi connectivity index (χ3v) is 12.5. The van der Waals surface area contributed by atoms with Crippen molar-refractivity contribution in [2.75, 3.05) is 41.5 Å². The highest BCUT2D eigenvalue weighted by molar-refractivity contribution is 7.59. The van der Waals surface area contributed by atoms with Gasteiger partial charge in [0.05, 0.1) is 90.7 Å². The number of benzene rings is 4. The maximum absolute atomic E-state index is 12.7. The third-order valence-electron chi connectivity index (χ3n) is 11.3. The summed E-state index contributed by atoms with van der Waals surface area (Å²) >= 11 is 24.0. The first-order valence-electron chi connectivity index (χ1n) is 23.9. The lowest BCUT2D eigenvalue weighted by atomic mass is 10.1. The van der Waals surface area contributed by atoms with Crippen molar-refractivity contribution in [1.29, 1.82) is 0 Å². The van der Waals surface area contributed by atoms with Gasteiger partial charge in [0, 0.05) is 42.6 Å². The van der Waals surface area contributed by atoms with Crippen LogP contribution in [-0.4, -0.2) is 116 Å². The number of carboxylic acids is 1. The summed E-state index contributed by atoms with van der Waals surface area (Å²) in [6.45, 7) is -0.376. The van der Waals surface area contributed by atoms with Gasteiger partial charge < -0.3 is 45.7 Å². The van der Waals surface area contributed by atoms with Crippen molar-refractivity contribution in [2.45, 2.75) is 65.5 Å². The minimum Gasteiger partial charge on any atom is -0.495 e. The molecule has 0 unspecified atom stereocenters. The maximum atomic E-state index is 12.7. The molecule has 4 aromatic carbocycles. The number of hydrogen-bond donors (Lipinski definition) is 5. The van der Waals surface area contributed by atoms with Gasteiger partial charge in [-0.1, -0.05) is 97.7 Å². The number of esters is 2. The van der Waals surface area contributed by atoms with Gasteiger partial charge in [-0.3, -0.25) is 33.9 Å². The molecule has 19 nitrogen and oxygen atoms in total. The highest BCUT2D eigenvalue weighted by Gasteiger charge is 2.27. The Labute approximate surface area is 503 Å². The molecule has 6 rings (SSSR count). The molecule has 0 aliphatic rings. The summed E-state index contributed by atoms with van der Waals surface area (Å²) in [5, 5.41) is 17.0. The maximum Gasteiger partial charge on any atom is 0.335 e. The van der Waals surface area contributed by atoms with Crippen molar-refractivity contribution in [3.63, 3.8) is 0 Å². The number of Topliss-reactive ketones (excluding diaryl/α,β-unsaturated/α-hetero) is 2. The van der Waals surface area contributed by atoms with Crippen LogP contribution < -0.4 is 31.2 Å². The topological polar surface area (TPSA) is 282 Å². The van der Waals surface area contributed by atoms with Gasteiger partial charge in [-0.15, -0.1) is 0 Å². The number of nitrogens with one attached hydrogen (secondary N) is 3. The van der Waals surface area contributed by atoms with E-state index < -0.39 is 47.7 Å². The quantitative estimate of drug-likeness (QED) is 0.0374. The summed E-state index contributed by atoms with van der Waals surface area (Å²) in [7, 11) is 5.52. The van der Waals surface area contributed by atoms with E-state index in [4.69, 9.17) is 71.5 Å². The average molecular weight is 1230 g/mol. The number of nitrogens with two attached hydrogens (primary N) is 1. The zero-order valence-corrected chi connectivity index (χ0v) is 47.7. The van der Waals surface area contributed by atoms with Gasteiger partial charge in [0.15, 0.2) is 5.78 Å². The van der Waals surface area contributed by atoms with Crippen LogP contribution in [0.2, 0.25) is 20.1 Å². The largest absolute Gasteiger partial charge is 0.495 e. The molecular formula is C58H66Cl4N6O13S. The molecule has 0 spiro atoms. The Hall–Kier alpha value is -7.59. The molecule has 440 valence electrons. The molecule has 0 radical (unpaired) electrons. The summed E-state index contributed by atoms with van der Waals surface area (Å²) in [4.78, 5) is 105. The number of aromatic carboxylic acids is 1. The van der Waals surface area contributed by atoms with Crippen molar-refractivity contribution in [1.82, 2.24) is 25.9 Å². The number of carbonyl (C=O) groups is 8. The van der Waals surface area contributed by atoms with E-state index in [1.165, 1.54) is 38.5 Å². The highest BCUT2D eigenvalue weighted by Crippen LogP contribution is 2.26. The molecule has 0 aliphatic carbocycles. The lowest BCUT2D eigenvalue weighted by Gasteiger charge is -2.17. The highest BCUT2D eigenvalue weighted by atomic mass is 35.5. The van der Waals surface area contributed by atoms with Crippen molar-refractivity contribution >= 4 is 107 Å². The normalized spacial score (nSPS) is 10.7. The van der Waals surface area contributed by atoms with Crippen LogP contribution in [0.3, 0.4) is 0 Å². The zero-order valence-electron chi connectivity index (χ0n) is 43.7. The van der Waals surface area contributed by atoms with E-state index in [-0.39, 0.29) is 110 Å². The van der Waals surface area contributed by atoms with Crippen LogP contribution in [0.15, 0.2) is 122 Å². The number of carboxylic acid groups (broad SMARTS) is 1. The van der Waals surface area contributed by atoms with Crippen molar-refractivity contribution in [3.8, 4) is 11.5 Å². The molecule has 2 atom stereocenters. The molecule has 0 saturated carbocycles. The number of methoxy groups -OCH3 is 4. The first-order chi connectivity index (χ1) is 37.8. The molecule has 0 aliphatic heterocycles. The SMILES string of the molecule is C.C.COC(=O)[C@H](CCC(=O)CN)NC(=O)c1c(Cl)cccc1Cl.COC(=O)[C@H](CCC(=O)CNC(=O)c1cccc(Cc2ccc(OC)cn2)c1)NC(=O)c1c(Cl)cccc1Cl.COc1ccc(Cc2cccc(C(=O)O)c2)nc1.S. The van der Waals surface area contributed by atoms with Crippen LogP contribution in [0, 0.1) is 0 Å². The van der Waals surface area contributed by atoms with Crippen LogP contribution in [0.25, 0.3) is 0 Å². The fourth-order valence-corrected chi connectivity index (χ4v) is 8.22. The molecule has 0 saturated heterocycles. The number of aromatic nitrogens is 2. The van der Waals surface area contributed by atoms with Crippen LogP contribution in [0.4, 0.5) is 0 Å². The molecule has 24 heteroatoms. The second kappa shape index (κ2) is 37.4. The Morgan fingerprint density at radius 1 is 0.549 bits per heavy atom. The molecule has 3 amide bonds. The molecule has 2 heterocycles. The van der Waals surface area contributed by atoms with E-state index >= 15 is 0 Å². The third kappa shape index (κ3) is 23.5. The van der Waals surface area contributed by atoms with Gasteiger partial charge >= 0.3 is 17.9 Å². The lowest BCUT2D eigenvalue weighted by molar-refractivity contribution is -0.144. The summed E-state index contributed by atoms with van der Waals surface area (Å²) < 4.78 is 19.5. The summed E-state index contributed by atoms with van der Waals surface area (Å²) in [5.74, 6) is -3.22. The van der Waals surface area contributed by atoms with Crippen molar-refractivity contribution in [2.24, 2.45) is 5.73 Å². The van der Waals surface area contributed by atoms with Gasteiger partial charge in [0.1, 0.15) is 29.4 Å². The summed E-state index contributed by atoms with van der Waals surface area (Å²) in [6.07, 6.45) is 4.38. The Morgan fingerprint density at radius 3 is 1.30 bits per heavy atom. The number of ketones is 2. The Morgan fingerprint density at radius 2 is 0.939 bits per heavy atom.